The Morgan fingerprint density at radius 2 is 0.871 bits per heavy atom. The van der Waals surface area contributed by atoms with Crippen LogP contribution in [0, 0.1) is 0 Å². The van der Waals surface area contributed by atoms with Crippen molar-refractivity contribution in [1.82, 2.24) is 0 Å². The Hall–Kier alpha value is -2.71. The van der Waals surface area contributed by atoms with Crippen LogP contribution in [0.5, 0.6) is 0 Å². The third-order valence-corrected chi connectivity index (χ3v) is 11.5. The van der Waals surface area contributed by atoms with Crippen molar-refractivity contribution in [2.24, 2.45) is 0 Å². The lowest BCUT2D eigenvalue weighted by Crippen LogP contribution is -2.50. The smallest absolute Gasteiger partial charge is 0.362 e. The van der Waals surface area contributed by atoms with Gasteiger partial charge in [-0.05, 0) is 51.4 Å². The summed E-state index contributed by atoms with van der Waals surface area (Å²) in [7, 11) is 5.52. The zero-order valence-electron chi connectivity index (χ0n) is 41.1. The quantitative estimate of drug-likeness (QED) is 0.0281. The molecule has 1 N–H and O–H groups in total. The number of carboxylic acids is 1. The second kappa shape index (κ2) is 44.9. The fourth-order valence-electron chi connectivity index (χ4n) is 7.50. The fourth-order valence-corrected chi connectivity index (χ4v) is 7.50. The van der Waals surface area contributed by atoms with Gasteiger partial charge in [0.25, 0.3) is 0 Å². The predicted molar refractivity (Wildman–Crippen MR) is 261 cm³/mol. The number of aliphatic carboxylic acids is 1. The van der Waals surface area contributed by atoms with Crippen LogP contribution < -0.4 is 0 Å². The molecular formula is C54H98NO7+. The van der Waals surface area contributed by atoms with Gasteiger partial charge in [0.15, 0.2) is 12.1 Å². The van der Waals surface area contributed by atoms with Gasteiger partial charge in [0.2, 0.25) is 0 Å². The number of carbonyl (C=O) groups excluding carboxylic acids is 2. The second-order valence-electron chi connectivity index (χ2n) is 18.4. The maximum Gasteiger partial charge on any atom is 0.362 e. The molecule has 62 heavy (non-hydrogen) atoms. The van der Waals surface area contributed by atoms with Crippen LogP contribution in [0.25, 0.3) is 0 Å². The number of nitrogens with zero attached hydrogens (tertiary/aromatic N) is 1. The number of quaternary nitrogens is 1. The molecule has 0 aromatic heterocycles. The minimum Gasteiger partial charge on any atom is -0.477 e. The van der Waals surface area contributed by atoms with Gasteiger partial charge in [-0.3, -0.25) is 9.59 Å². The first-order chi connectivity index (χ1) is 30.1. The molecule has 0 amide bonds. The second-order valence-corrected chi connectivity index (χ2v) is 18.4. The summed E-state index contributed by atoms with van der Waals surface area (Å²) in [6.45, 7) is 4.68. The largest absolute Gasteiger partial charge is 0.477 e. The number of ether oxygens (including phenoxy) is 3. The van der Waals surface area contributed by atoms with Gasteiger partial charge in [-0.15, -0.1) is 0 Å². The number of allylic oxidation sites excluding steroid dienone is 8. The maximum absolute atomic E-state index is 12.7. The Balaban J connectivity index is 4.28. The molecular weight excluding hydrogens is 775 g/mol. The topological polar surface area (TPSA) is 99.1 Å². The van der Waals surface area contributed by atoms with Crippen molar-refractivity contribution >= 4 is 17.9 Å². The van der Waals surface area contributed by atoms with Crippen LogP contribution in [0.4, 0.5) is 0 Å². The van der Waals surface area contributed by atoms with E-state index in [1.807, 2.05) is 21.1 Å². The summed E-state index contributed by atoms with van der Waals surface area (Å²) in [5.41, 5.74) is 0. The van der Waals surface area contributed by atoms with Crippen molar-refractivity contribution in [3.63, 3.8) is 0 Å². The number of carbonyl (C=O) groups is 3. The molecule has 0 saturated heterocycles. The highest BCUT2D eigenvalue weighted by molar-refractivity contribution is 5.72. The molecule has 0 saturated carbocycles. The monoisotopic (exact) mass is 873 g/mol. The van der Waals surface area contributed by atoms with E-state index >= 15 is 0 Å². The zero-order chi connectivity index (χ0) is 45.6. The molecule has 0 rings (SSSR count). The average molecular weight is 873 g/mol. The normalized spacial score (nSPS) is 13.2. The number of unbranched alkanes of at least 4 members (excludes halogenated alkanes) is 24. The van der Waals surface area contributed by atoms with Crippen molar-refractivity contribution in [3.05, 3.63) is 48.6 Å². The third kappa shape index (κ3) is 42.6. The molecule has 0 spiro atoms. The summed E-state index contributed by atoms with van der Waals surface area (Å²) in [6.07, 6.45) is 54.6. The Labute approximate surface area is 382 Å². The molecule has 2 atom stereocenters. The summed E-state index contributed by atoms with van der Waals surface area (Å²) < 4.78 is 17.3. The number of likely N-dealkylation sites (N-methyl/N-ethyl adjacent to an activating group) is 1. The highest BCUT2D eigenvalue weighted by Crippen LogP contribution is 2.16. The average Bonchev–Trinajstić information content (AvgIpc) is 3.23. The van der Waals surface area contributed by atoms with Crippen molar-refractivity contribution < 1.29 is 38.2 Å². The summed E-state index contributed by atoms with van der Waals surface area (Å²) in [6, 6.07) is -0.625. The van der Waals surface area contributed by atoms with E-state index in [0.717, 1.165) is 44.9 Å². The lowest BCUT2D eigenvalue weighted by molar-refractivity contribution is -0.887. The summed E-state index contributed by atoms with van der Waals surface area (Å²) in [5.74, 6) is -1.53. The molecule has 0 aliphatic carbocycles. The number of hydrogen-bond acceptors (Lipinski definition) is 6. The zero-order valence-corrected chi connectivity index (χ0v) is 41.1. The predicted octanol–water partition coefficient (Wildman–Crippen LogP) is 14.8. The van der Waals surface area contributed by atoms with Crippen LogP contribution in [-0.4, -0.2) is 80.6 Å². The molecule has 0 aromatic carbocycles. The summed E-state index contributed by atoms with van der Waals surface area (Å²) >= 11 is 0. The highest BCUT2D eigenvalue weighted by atomic mass is 16.6. The number of carboxylic acid groups (broad SMARTS) is 1. The van der Waals surface area contributed by atoms with E-state index in [9.17, 15) is 19.5 Å². The molecule has 8 nitrogen and oxygen atoms in total. The lowest BCUT2D eigenvalue weighted by atomic mass is 10.0. The number of rotatable bonds is 46. The number of hydrogen-bond donors (Lipinski definition) is 1. The fraction of sp³-hybridized carbons (Fsp3) is 0.796. The van der Waals surface area contributed by atoms with Gasteiger partial charge in [-0.2, -0.15) is 0 Å². The Bertz CT molecular complexity index is 1150. The molecule has 0 aliphatic rings. The van der Waals surface area contributed by atoms with E-state index < -0.39 is 18.1 Å². The van der Waals surface area contributed by atoms with Crippen molar-refractivity contribution in [2.75, 3.05) is 41.0 Å². The van der Waals surface area contributed by atoms with E-state index in [0.29, 0.717) is 19.3 Å². The van der Waals surface area contributed by atoms with E-state index in [1.54, 1.807) is 0 Å². The van der Waals surface area contributed by atoms with Gasteiger partial charge in [-0.25, -0.2) is 4.79 Å². The summed E-state index contributed by atoms with van der Waals surface area (Å²) in [5, 5.41) is 9.65. The van der Waals surface area contributed by atoms with Crippen molar-refractivity contribution in [1.29, 1.82) is 0 Å². The van der Waals surface area contributed by atoms with Gasteiger partial charge < -0.3 is 23.8 Å². The van der Waals surface area contributed by atoms with Gasteiger partial charge in [-0.1, -0.05) is 204 Å². The standard InChI is InChI=1S/C54H97NO7/c1-6-8-10-12-14-16-18-20-22-24-25-26-27-29-30-32-34-36-38-40-42-44-52(56)61-49-50(48-60-47-46-51(54(58)59)55(3,4)5)62-53(57)45-43-41-39-37-35-33-31-28-23-21-19-17-15-13-11-9-7-2/h15,17,21,23,31,33,37,39,50-51H,6-14,16,18-20,22,24-30,32,34-36,38,40-49H2,1-5H3/p+1/b17-15+,23-21+,33-31+,39-37+. The minimum absolute atomic E-state index is 0.0407. The molecule has 8 heteroatoms. The summed E-state index contributed by atoms with van der Waals surface area (Å²) in [4.78, 5) is 37.1. The maximum atomic E-state index is 12.7. The van der Waals surface area contributed by atoms with Gasteiger partial charge in [0.05, 0.1) is 34.4 Å². The van der Waals surface area contributed by atoms with Gasteiger partial charge >= 0.3 is 17.9 Å². The SMILES string of the molecule is CCCCC/C=C/C/C=C/C/C=C/C/C=C/CCCC(=O)OC(COCCC(C(=O)O)[N+](C)(C)C)COC(=O)CCCCCCCCCCCCCCCCCCCCCCC. The first-order valence-corrected chi connectivity index (χ1v) is 25.7. The minimum atomic E-state index is -0.882. The van der Waals surface area contributed by atoms with Gasteiger partial charge in [0, 0.05) is 19.3 Å². The van der Waals surface area contributed by atoms with Crippen LogP contribution in [0.3, 0.4) is 0 Å². The molecule has 0 radical (unpaired) electrons. The van der Waals surface area contributed by atoms with Crippen molar-refractivity contribution in [2.45, 2.75) is 238 Å². The highest BCUT2D eigenvalue weighted by Gasteiger charge is 2.31. The first-order valence-electron chi connectivity index (χ1n) is 25.7. The molecule has 2 unspecified atom stereocenters. The first kappa shape index (κ1) is 59.3. The Morgan fingerprint density at radius 1 is 0.484 bits per heavy atom. The molecule has 0 heterocycles. The van der Waals surface area contributed by atoms with E-state index in [1.165, 1.54) is 141 Å². The van der Waals surface area contributed by atoms with Crippen LogP contribution in [0.15, 0.2) is 48.6 Å². The van der Waals surface area contributed by atoms with Gasteiger partial charge in [0.1, 0.15) is 6.61 Å². The molecule has 0 bridgehead atoms. The lowest BCUT2D eigenvalue weighted by Gasteiger charge is -2.31. The number of esters is 2. The van der Waals surface area contributed by atoms with Crippen molar-refractivity contribution in [3.8, 4) is 0 Å². The van der Waals surface area contributed by atoms with Crippen LogP contribution in [0.2, 0.25) is 0 Å². The van der Waals surface area contributed by atoms with E-state index in [4.69, 9.17) is 14.2 Å². The molecule has 0 aliphatic heterocycles. The van der Waals surface area contributed by atoms with E-state index in [2.05, 4.69) is 62.5 Å². The molecule has 0 aromatic rings. The van der Waals surface area contributed by atoms with Crippen LogP contribution >= 0.6 is 0 Å². The van der Waals surface area contributed by atoms with Crippen LogP contribution in [0.1, 0.15) is 226 Å². The van der Waals surface area contributed by atoms with Crippen LogP contribution in [-0.2, 0) is 28.6 Å². The third-order valence-electron chi connectivity index (χ3n) is 11.5. The van der Waals surface area contributed by atoms with E-state index in [-0.39, 0.29) is 42.7 Å². The Kier molecular flexibility index (Phi) is 42.9. The Morgan fingerprint density at radius 3 is 1.31 bits per heavy atom. The molecule has 0 fully saturated rings. The molecule has 360 valence electrons.